The van der Waals surface area contributed by atoms with Crippen LogP contribution in [0.25, 0.3) is 0 Å². The van der Waals surface area contributed by atoms with Crippen molar-refractivity contribution >= 4 is 35.6 Å². The van der Waals surface area contributed by atoms with E-state index in [4.69, 9.17) is 11.6 Å². The van der Waals surface area contributed by atoms with Crippen LogP contribution in [-0.2, 0) is 16.6 Å². The molecule has 38 heavy (non-hydrogen) atoms. The summed E-state index contributed by atoms with van der Waals surface area (Å²) in [7, 11) is 3.34. The normalized spacial score (nSPS) is 10.9. The second kappa shape index (κ2) is 14.3. The maximum Gasteiger partial charge on any atom is 0.274 e. The molecule has 9 heteroatoms. The molecule has 1 aromatic heterocycles. The van der Waals surface area contributed by atoms with Crippen LogP contribution in [0.3, 0.4) is 0 Å². The van der Waals surface area contributed by atoms with Crippen molar-refractivity contribution in [1.29, 1.82) is 0 Å². The number of hydrogen-bond donors (Lipinski definition) is 1. The molecule has 0 unspecified atom stereocenters. The number of aromatic nitrogens is 2. The quantitative estimate of drug-likeness (QED) is 0.240. The Morgan fingerprint density at radius 1 is 1.00 bits per heavy atom. The molecule has 0 aliphatic heterocycles. The van der Waals surface area contributed by atoms with Crippen LogP contribution in [0, 0.1) is 0 Å². The molecule has 3 aromatic rings. The Balaban J connectivity index is 1.62. The number of nitrogens with one attached hydrogen (secondary N) is 1. The van der Waals surface area contributed by atoms with Crippen molar-refractivity contribution in [2.45, 2.75) is 38.5 Å². The summed E-state index contributed by atoms with van der Waals surface area (Å²) in [6.07, 6.45) is 4.03. The number of nitrogens with zero attached hydrogens (tertiary/aromatic N) is 4. The Morgan fingerprint density at radius 3 is 2.16 bits per heavy atom. The van der Waals surface area contributed by atoms with E-state index in [0.717, 1.165) is 30.4 Å². The number of carbonyl (C=O) groups is 3. The molecule has 0 bridgehead atoms. The first-order chi connectivity index (χ1) is 18.4. The molecule has 3 amide bonds. The molecule has 0 aliphatic rings. The Bertz CT molecular complexity index is 1160. The van der Waals surface area contributed by atoms with Crippen LogP contribution in [0.1, 0.15) is 60.1 Å². The third-order valence-electron chi connectivity index (χ3n) is 6.47. The number of anilines is 1. The predicted octanol–water partition coefficient (Wildman–Crippen LogP) is 4.64. The maximum atomic E-state index is 13.3. The van der Waals surface area contributed by atoms with Crippen molar-refractivity contribution in [3.8, 4) is 0 Å². The lowest BCUT2D eigenvalue weighted by atomic mass is 9.90. The lowest BCUT2D eigenvalue weighted by Gasteiger charge is -2.21. The second-order valence-electron chi connectivity index (χ2n) is 9.24. The summed E-state index contributed by atoms with van der Waals surface area (Å²) in [5, 5.41) is 3.16. The van der Waals surface area contributed by atoms with Crippen molar-refractivity contribution in [3.05, 3.63) is 82.8 Å². The van der Waals surface area contributed by atoms with Crippen LogP contribution < -0.4 is 10.2 Å². The lowest BCUT2D eigenvalue weighted by molar-refractivity contribution is -0.121. The van der Waals surface area contributed by atoms with Gasteiger partial charge in [-0.25, -0.2) is 0 Å². The first-order valence-corrected chi connectivity index (χ1v) is 13.3. The zero-order valence-corrected chi connectivity index (χ0v) is 23.0. The molecule has 3 rings (SSSR count). The van der Waals surface area contributed by atoms with Gasteiger partial charge in [0.05, 0.1) is 5.92 Å². The zero-order chi connectivity index (χ0) is 27.5. The number of hydrogen-bond acceptors (Lipinski definition) is 4. The van der Waals surface area contributed by atoms with Gasteiger partial charge in [-0.05, 0) is 35.6 Å². The van der Waals surface area contributed by atoms with E-state index >= 15 is 0 Å². The molecule has 0 atom stereocenters. The lowest BCUT2D eigenvalue weighted by Crippen LogP contribution is -2.35. The fourth-order valence-electron chi connectivity index (χ4n) is 4.34. The maximum absolute atomic E-state index is 13.3. The third-order valence-corrected chi connectivity index (χ3v) is 6.81. The standard InChI is InChI=1S/C29H36ClN5O3/c1-4-5-12-20-35(21-36)26-25(34(3)29(30)32-26)28(38)33(2)19-13-18-31-27(37)24(22-14-8-6-9-15-22)23-16-10-7-11-17-23/h6-11,14-17,21,24H,4-5,12-13,18-20H2,1-3H3,(H,31,37). The van der Waals surface area contributed by atoms with Crippen LogP contribution in [0.15, 0.2) is 60.7 Å². The van der Waals surface area contributed by atoms with Gasteiger partial charge in [0.1, 0.15) is 0 Å². The third kappa shape index (κ3) is 7.22. The summed E-state index contributed by atoms with van der Waals surface area (Å²) in [6, 6.07) is 19.3. The molecule has 0 radical (unpaired) electrons. The van der Waals surface area contributed by atoms with Crippen LogP contribution >= 0.6 is 11.6 Å². The molecular formula is C29H36ClN5O3. The smallest absolute Gasteiger partial charge is 0.274 e. The number of rotatable bonds is 14. The van der Waals surface area contributed by atoms with Gasteiger partial charge in [-0.1, -0.05) is 80.4 Å². The summed E-state index contributed by atoms with van der Waals surface area (Å²) < 4.78 is 1.50. The van der Waals surface area contributed by atoms with E-state index in [1.54, 1.807) is 19.0 Å². The zero-order valence-electron chi connectivity index (χ0n) is 22.3. The Hall–Kier alpha value is -3.65. The number of carbonyl (C=O) groups excluding carboxylic acids is 3. The van der Waals surface area contributed by atoms with Gasteiger partial charge in [-0.3, -0.25) is 19.3 Å². The predicted molar refractivity (Wildman–Crippen MR) is 150 cm³/mol. The topological polar surface area (TPSA) is 87.5 Å². The highest BCUT2D eigenvalue weighted by molar-refractivity contribution is 6.29. The Labute approximate surface area is 229 Å². The highest BCUT2D eigenvalue weighted by Gasteiger charge is 2.27. The highest BCUT2D eigenvalue weighted by Crippen LogP contribution is 2.26. The van der Waals surface area contributed by atoms with E-state index in [0.29, 0.717) is 32.5 Å². The largest absolute Gasteiger partial charge is 0.355 e. The first-order valence-electron chi connectivity index (χ1n) is 13.0. The molecular weight excluding hydrogens is 502 g/mol. The van der Waals surface area contributed by atoms with E-state index < -0.39 is 5.92 Å². The summed E-state index contributed by atoms with van der Waals surface area (Å²) in [5.74, 6) is -0.534. The number of benzene rings is 2. The highest BCUT2D eigenvalue weighted by atomic mass is 35.5. The first kappa shape index (κ1) is 28.9. The van der Waals surface area contributed by atoms with E-state index in [2.05, 4.69) is 17.2 Å². The van der Waals surface area contributed by atoms with Crippen LogP contribution in [0.4, 0.5) is 5.82 Å². The van der Waals surface area contributed by atoms with Gasteiger partial charge in [0.15, 0.2) is 11.5 Å². The minimum absolute atomic E-state index is 0.0919. The van der Waals surface area contributed by atoms with Gasteiger partial charge in [-0.2, -0.15) is 4.98 Å². The molecule has 0 aliphatic carbocycles. The van der Waals surface area contributed by atoms with Gasteiger partial charge in [0.2, 0.25) is 17.6 Å². The van der Waals surface area contributed by atoms with E-state index in [-0.39, 0.29) is 28.6 Å². The molecule has 202 valence electrons. The van der Waals surface area contributed by atoms with E-state index in [1.807, 2.05) is 60.7 Å². The van der Waals surface area contributed by atoms with Crippen molar-refractivity contribution < 1.29 is 14.4 Å². The van der Waals surface area contributed by atoms with E-state index in [9.17, 15) is 14.4 Å². The van der Waals surface area contributed by atoms with Crippen molar-refractivity contribution in [3.63, 3.8) is 0 Å². The molecule has 2 aromatic carbocycles. The van der Waals surface area contributed by atoms with Gasteiger partial charge in [0, 0.05) is 33.7 Å². The van der Waals surface area contributed by atoms with Crippen LogP contribution in [0.5, 0.6) is 0 Å². The monoisotopic (exact) mass is 537 g/mol. The number of imidazole rings is 1. The average Bonchev–Trinajstić information content (AvgIpc) is 3.23. The van der Waals surface area contributed by atoms with Gasteiger partial charge >= 0.3 is 0 Å². The van der Waals surface area contributed by atoms with Gasteiger partial charge < -0.3 is 14.8 Å². The number of halogens is 1. The summed E-state index contributed by atoms with van der Waals surface area (Å²) in [6.45, 7) is 3.35. The van der Waals surface area contributed by atoms with Crippen molar-refractivity contribution in [2.24, 2.45) is 7.05 Å². The minimum Gasteiger partial charge on any atom is -0.355 e. The van der Waals surface area contributed by atoms with E-state index in [1.165, 1.54) is 9.47 Å². The summed E-state index contributed by atoms with van der Waals surface area (Å²) in [5.41, 5.74) is 2.10. The Morgan fingerprint density at radius 2 is 1.61 bits per heavy atom. The molecule has 1 heterocycles. The summed E-state index contributed by atoms with van der Waals surface area (Å²) in [4.78, 5) is 45.6. The second-order valence-corrected chi connectivity index (χ2v) is 9.58. The number of unbranched alkanes of at least 4 members (excludes halogenated alkanes) is 2. The average molecular weight is 538 g/mol. The Kier molecular flexibility index (Phi) is 10.9. The van der Waals surface area contributed by atoms with Gasteiger partial charge in [0.25, 0.3) is 5.91 Å². The molecule has 1 N–H and O–H groups in total. The minimum atomic E-state index is -0.419. The molecule has 0 fully saturated rings. The van der Waals surface area contributed by atoms with Crippen LogP contribution in [0.2, 0.25) is 5.28 Å². The van der Waals surface area contributed by atoms with Crippen molar-refractivity contribution in [1.82, 2.24) is 19.8 Å². The molecule has 0 saturated carbocycles. The molecule has 0 saturated heterocycles. The van der Waals surface area contributed by atoms with Crippen LogP contribution in [-0.4, -0.2) is 59.4 Å². The fraction of sp³-hybridized carbons (Fsp3) is 0.379. The van der Waals surface area contributed by atoms with Gasteiger partial charge in [-0.15, -0.1) is 0 Å². The van der Waals surface area contributed by atoms with Crippen molar-refractivity contribution in [2.75, 3.05) is 31.6 Å². The molecule has 0 spiro atoms. The SMILES string of the molecule is CCCCCN(C=O)c1nc(Cl)n(C)c1C(=O)N(C)CCCNC(=O)C(c1ccccc1)c1ccccc1. The fourth-order valence-corrected chi connectivity index (χ4v) is 4.50. The molecule has 8 nitrogen and oxygen atoms in total. The number of amides is 3. The summed E-state index contributed by atoms with van der Waals surface area (Å²) >= 11 is 6.23.